The summed E-state index contributed by atoms with van der Waals surface area (Å²) in [4.78, 5) is 26.1. The number of nitrogens with zero attached hydrogens (tertiary/aromatic N) is 2. The molecule has 2 aromatic rings. The SMILES string of the molecule is CNC(=O)OCC1CCCCN1C(=O)c1cc2cc(C(F)(F)F)ccc2n1C. The third kappa shape index (κ3) is 3.93. The second kappa shape index (κ2) is 7.73. The number of alkyl halides is 3. The molecule has 0 radical (unpaired) electrons. The quantitative estimate of drug-likeness (QED) is 0.862. The van der Waals surface area contributed by atoms with Crippen molar-refractivity contribution in [2.75, 3.05) is 20.2 Å². The first-order chi connectivity index (χ1) is 13.2. The van der Waals surface area contributed by atoms with Crippen LogP contribution in [0, 0.1) is 0 Å². The molecule has 2 amide bonds. The van der Waals surface area contributed by atoms with Crippen LogP contribution in [0.25, 0.3) is 10.9 Å². The van der Waals surface area contributed by atoms with Crippen LogP contribution in [-0.2, 0) is 18.0 Å². The van der Waals surface area contributed by atoms with Crippen LogP contribution in [0.15, 0.2) is 24.3 Å². The molecule has 1 N–H and O–H groups in total. The molecule has 0 saturated carbocycles. The van der Waals surface area contributed by atoms with E-state index in [4.69, 9.17) is 4.74 Å². The second-order valence-corrected chi connectivity index (χ2v) is 6.86. The molecule has 9 heteroatoms. The fourth-order valence-electron chi connectivity index (χ4n) is 3.56. The van der Waals surface area contributed by atoms with Crippen LogP contribution in [0.4, 0.5) is 18.0 Å². The number of carbonyl (C=O) groups excluding carboxylic acids is 2. The number of carbonyl (C=O) groups is 2. The Hall–Kier alpha value is -2.71. The Bertz CT molecular complexity index is 892. The van der Waals surface area contributed by atoms with Gasteiger partial charge in [0.15, 0.2) is 0 Å². The number of alkyl carbamates (subject to hydrolysis) is 1. The van der Waals surface area contributed by atoms with Crippen LogP contribution in [0.1, 0.15) is 35.3 Å². The number of aromatic nitrogens is 1. The van der Waals surface area contributed by atoms with E-state index in [1.165, 1.54) is 19.2 Å². The van der Waals surface area contributed by atoms with Crippen molar-refractivity contribution in [2.45, 2.75) is 31.5 Å². The topological polar surface area (TPSA) is 63.6 Å². The van der Waals surface area contributed by atoms with Gasteiger partial charge in [-0.3, -0.25) is 4.79 Å². The summed E-state index contributed by atoms with van der Waals surface area (Å²) in [5.74, 6) is -0.280. The number of hydrogen-bond donors (Lipinski definition) is 1. The van der Waals surface area contributed by atoms with E-state index in [9.17, 15) is 22.8 Å². The van der Waals surface area contributed by atoms with E-state index >= 15 is 0 Å². The van der Waals surface area contributed by atoms with Crippen molar-refractivity contribution < 1.29 is 27.5 Å². The number of rotatable bonds is 3. The highest BCUT2D eigenvalue weighted by molar-refractivity contribution is 5.99. The van der Waals surface area contributed by atoms with Crippen LogP contribution in [0.2, 0.25) is 0 Å². The largest absolute Gasteiger partial charge is 0.447 e. The highest BCUT2D eigenvalue weighted by atomic mass is 19.4. The fourth-order valence-corrected chi connectivity index (χ4v) is 3.56. The Morgan fingerprint density at radius 1 is 1.25 bits per heavy atom. The lowest BCUT2D eigenvalue weighted by Crippen LogP contribution is -2.47. The Balaban J connectivity index is 1.88. The summed E-state index contributed by atoms with van der Waals surface area (Å²) in [5, 5.41) is 2.72. The molecule has 3 rings (SSSR count). The number of piperidine rings is 1. The third-order valence-electron chi connectivity index (χ3n) is 5.09. The lowest BCUT2D eigenvalue weighted by Gasteiger charge is -2.35. The summed E-state index contributed by atoms with van der Waals surface area (Å²) in [7, 11) is 3.11. The van der Waals surface area contributed by atoms with Gasteiger partial charge in [0.25, 0.3) is 5.91 Å². The van der Waals surface area contributed by atoms with Gasteiger partial charge >= 0.3 is 12.3 Å². The van der Waals surface area contributed by atoms with Gasteiger partial charge < -0.3 is 19.5 Å². The molecule has 2 heterocycles. The molecule has 28 heavy (non-hydrogen) atoms. The number of likely N-dealkylation sites (tertiary alicyclic amines) is 1. The van der Waals surface area contributed by atoms with E-state index in [0.29, 0.717) is 29.6 Å². The first-order valence-corrected chi connectivity index (χ1v) is 9.04. The maximum Gasteiger partial charge on any atom is 0.416 e. The van der Waals surface area contributed by atoms with E-state index in [2.05, 4.69) is 5.32 Å². The van der Waals surface area contributed by atoms with Crippen molar-refractivity contribution >= 4 is 22.9 Å². The van der Waals surface area contributed by atoms with Crippen molar-refractivity contribution in [3.8, 4) is 0 Å². The van der Waals surface area contributed by atoms with Crippen molar-refractivity contribution in [3.05, 3.63) is 35.5 Å². The Kier molecular flexibility index (Phi) is 5.53. The van der Waals surface area contributed by atoms with Crippen LogP contribution in [-0.4, -0.2) is 47.7 Å². The zero-order valence-electron chi connectivity index (χ0n) is 15.7. The fraction of sp³-hybridized carbons (Fsp3) is 0.474. The Morgan fingerprint density at radius 3 is 2.68 bits per heavy atom. The number of halogens is 3. The summed E-state index contributed by atoms with van der Waals surface area (Å²) >= 11 is 0. The predicted octanol–water partition coefficient (Wildman–Crippen LogP) is 3.55. The molecule has 1 aliphatic rings. The monoisotopic (exact) mass is 397 g/mol. The molecule has 6 nitrogen and oxygen atoms in total. The number of nitrogens with one attached hydrogen (secondary N) is 1. The van der Waals surface area contributed by atoms with Gasteiger partial charge in [-0.2, -0.15) is 13.2 Å². The molecule has 1 aliphatic heterocycles. The average molecular weight is 397 g/mol. The lowest BCUT2D eigenvalue weighted by atomic mass is 10.0. The molecule has 1 saturated heterocycles. The minimum absolute atomic E-state index is 0.0770. The third-order valence-corrected chi connectivity index (χ3v) is 5.09. The number of hydrogen-bond acceptors (Lipinski definition) is 3. The molecule has 1 unspecified atom stereocenters. The van der Waals surface area contributed by atoms with E-state index in [1.54, 1.807) is 16.5 Å². The first-order valence-electron chi connectivity index (χ1n) is 9.04. The summed E-state index contributed by atoms with van der Waals surface area (Å²) in [6.07, 6.45) is -2.57. The standard InChI is InChI=1S/C19H22F3N3O3/c1-23-18(27)28-11-14-5-3-4-8-25(14)17(26)16-10-12-9-13(19(20,21)22)6-7-15(12)24(16)2/h6-7,9-10,14H,3-5,8,11H2,1-2H3,(H,23,27). The lowest BCUT2D eigenvalue weighted by molar-refractivity contribution is -0.137. The molecule has 1 aromatic carbocycles. The molecule has 0 bridgehead atoms. The number of aryl methyl sites for hydroxylation is 1. The normalized spacial score (nSPS) is 17.6. The van der Waals surface area contributed by atoms with E-state index in [0.717, 1.165) is 25.0 Å². The van der Waals surface area contributed by atoms with Gasteiger partial charge in [0, 0.05) is 31.5 Å². The zero-order valence-corrected chi connectivity index (χ0v) is 15.7. The van der Waals surface area contributed by atoms with Crippen LogP contribution in [0.3, 0.4) is 0 Å². The van der Waals surface area contributed by atoms with Gasteiger partial charge in [-0.05, 0) is 43.5 Å². The molecule has 1 aromatic heterocycles. The second-order valence-electron chi connectivity index (χ2n) is 6.86. The van der Waals surface area contributed by atoms with Gasteiger partial charge in [-0.1, -0.05) is 0 Å². The molecular formula is C19H22F3N3O3. The summed E-state index contributed by atoms with van der Waals surface area (Å²) in [6.45, 7) is 0.587. The van der Waals surface area contributed by atoms with E-state index in [1.807, 2.05) is 0 Å². The van der Waals surface area contributed by atoms with Gasteiger partial charge in [0.2, 0.25) is 0 Å². The van der Waals surface area contributed by atoms with Crippen LogP contribution < -0.4 is 5.32 Å². The van der Waals surface area contributed by atoms with Crippen LogP contribution in [0.5, 0.6) is 0 Å². The summed E-state index contributed by atoms with van der Waals surface area (Å²) < 4.78 is 45.6. The highest BCUT2D eigenvalue weighted by Crippen LogP contribution is 2.32. The highest BCUT2D eigenvalue weighted by Gasteiger charge is 2.32. The number of benzene rings is 1. The van der Waals surface area contributed by atoms with E-state index < -0.39 is 17.8 Å². The van der Waals surface area contributed by atoms with Gasteiger partial charge in [-0.25, -0.2) is 4.79 Å². The first kappa shape index (κ1) is 20.0. The molecule has 0 aliphatic carbocycles. The Morgan fingerprint density at radius 2 is 2.00 bits per heavy atom. The number of fused-ring (bicyclic) bond motifs is 1. The molecule has 0 spiro atoms. The maximum absolute atomic E-state index is 13.1. The van der Waals surface area contributed by atoms with E-state index in [-0.39, 0.29) is 18.6 Å². The Labute approximate surface area is 160 Å². The number of ether oxygens (including phenoxy) is 1. The van der Waals surface area contributed by atoms with Crippen molar-refractivity contribution in [2.24, 2.45) is 7.05 Å². The van der Waals surface area contributed by atoms with Crippen molar-refractivity contribution in [3.63, 3.8) is 0 Å². The number of amides is 2. The zero-order chi connectivity index (χ0) is 20.5. The summed E-state index contributed by atoms with van der Waals surface area (Å²) in [6, 6.07) is 4.66. The minimum atomic E-state index is -4.44. The van der Waals surface area contributed by atoms with Gasteiger partial charge in [0.05, 0.1) is 11.6 Å². The molecule has 1 atom stereocenters. The summed E-state index contributed by atoms with van der Waals surface area (Å²) in [5.41, 5.74) is 0.104. The molecule has 1 fully saturated rings. The van der Waals surface area contributed by atoms with Crippen LogP contribution >= 0.6 is 0 Å². The van der Waals surface area contributed by atoms with Crippen molar-refractivity contribution in [1.29, 1.82) is 0 Å². The van der Waals surface area contributed by atoms with Gasteiger partial charge in [-0.15, -0.1) is 0 Å². The predicted molar refractivity (Wildman–Crippen MR) is 97.0 cm³/mol. The average Bonchev–Trinajstić information content (AvgIpc) is 3.01. The molecular weight excluding hydrogens is 375 g/mol. The molecule has 152 valence electrons. The minimum Gasteiger partial charge on any atom is -0.447 e. The smallest absolute Gasteiger partial charge is 0.416 e. The van der Waals surface area contributed by atoms with Gasteiger partial charge in [0.1, 0.15) is 12.3 Å². The van der Waals surface area contributed by atoms with Crippen molar-refractivity contribution in [1.82, 2.24) is 14.8 Å². The maximum atomic E-state index is 13.1.